The highest BCUT2D eigenvalue weighted by Crippen LogP contribution is 2.27. The van der Waals surface area contributed by atoms with Crippen LogP contribution in [0.15, 0.2) is 24.3 Å². The van der Waals surface area contributed by atoms with Crippen LogP contribution in [0, 0.1) is 0 Å². The summed E-state index contributed by atoms with van der Waals surface area (Å²) in [6.07, 6.45) is 4.67. The summed E-state index contributed by atoms with van der Waals surface area (Å²) in [6, 6.07) is 9.71. The fraction of sp³-hybridized carbons (Fsp3) is 0.650. The van der Waals surface area contributed by atoms with Crippen LogP contribution in [-0.2, 0) is 6.54 Å². The molecule has 0 aliphatic carbocycles. The van der Waals surface area contributed by atoms with Crippen molar-refractivity contribution >= 4 is 30.7 Å². The molecule has 1 amide bonds. The summed E-state index contributed by atoms with van der Waals surface area (Å²) in [7, 11) is 2.18. The van der Waals surface area contributed by atoms with Crippen molar-refractivity contribution in [1.82, 2.24) is 20.4 Å². The monoisotopic (exact) mass is 414 g/mol. The molecule has 4 rings (SSSR count). The standard InChI is InChI=1S/C20H30N4O.2ClH/c1-23-7-9-24(10-8-23)14-15-3-2-4-16(11-15)20(25)22-19-12-17-5-6-18(13-19)21-17;;/h2-4,11,17-19,21H,5-10,12-14H2,1H3,(H,22,25);2*1H. The fourth-order valence-corrected chi connectivity index (χ4v) is 4.52. The molecule has 3 heterocycles. The zero-order valence-corrected chi connectivity index (χ0v) is 17.7. The maximum atomic E-state index is 12.7. The Kier molecular flexibility index (Phi) is 8.38. The molecule has 3 aliphatic heterocycles. The first-order valence-electron chi connectivity index (χ1n) is 9.72. The van der Waals surface area contributed by atoms with Crippen molar-refractivity contribution in [1.29, 1.82) is 0 Å². The Bertz CT molecular complexity index is 610. The van der Waals surface area contributed by atoms with E-state index < -0.39 is 0 Å². The number of piperidine rings is 1. The highest BCUT2D eigenvalue weighted by molar-refractivity contribution is 5.94. The Morgan fingerprint density at radius 1 is 1.11 bits per heavy atom. The second-order valence-corrected chi connectivity index (χ2v) is 8.06. The van der Waals surface area contributed by atoms with E-state index in [1.54, 1.807) is 0 Å². The molecule has 0 saturated carbocycles. The summed E-state index contributed by atoms with van der Waals surface area (Å²) >= 11 is 0. The van der Waals surface area contributed by atoms with Gasteiger partial charge in [-0.25, -0.2) is 0 Å². The summed E-state index contributed by atoms with van der Waals surface area (Å²) in [4.78, 5) is 17.5. The van der Waals surface area contributed by atoms with E-state index in [2.05, 4.69) is 39.6 Å². The maximum Gasteiger partial charge on any atom is 0.251 e. The lowest BCUT2D eigenvalue weighted by Gasteiger charge is -2.32. The van der Waals surface area contributed by atoms with Gasteiger partial charge in [-0.2, -0.15) is 0 Å². The number of nitrogens with zero attached hydrogens (tertiary/aromatic N) is 2. The Morgan fingerprint density at radius 2 is 1.78 bits per heavy atom. The van der Waals surface area contributed by atoms with Gasteiger partial charge in [-0.05, 0) is 50.4 Å². The summed E-state index contributed by atoms with van der Waals surface area (Å²) < 4.78 is 0. The van der Waals surface area contributed by atoms with E-state index in [0.717, 1.165) is 51.1 Å². The van der Waals surface area contributed by atoms with Gasteiger partial charge >= 0.3 is 0 Å². The summed E-state index contributed by atoms with van der Waals surface area (Å²) in [5.74, 6) is 0.0894. The number of piperazine rings is 1. The van der Waals surface area contributed by atoms with Crippen molar-refractivity contribution in [2.24, 2.45) is 0 Å². The molecule has 2 atom stereocenters. The molecule has 1 aromatic carbocycles. The molecule has 0 radical (unpaired) electrons. The predicted molar refractivity (Wildman–Crippen MR) is 114 cm³/mol. The SMILES string of the molecule is CN1CCN(Cc2cccc(C(=O)NC3CC4CCC(C3)N4)c2)CC1.Cl.Cl. The van der Waals surface area contributed by atoms with E-state index in [-0.39, 0.29) is 30.7 Å². The Morgan fingerprint density at radius 3 is 2.44 bits per heavy atom. The molecule has 152 valence electrons. The number of amides is 1. The van der Waals surface area contributed by atoms with E-state index in [0.29, 0.717) is 18.1 Å². The quantitative estimate of drug-likeness (QED) is 0.793. The summed E-state index contributed by atoms with van der Waals surface area (Å²) in [5, 5.41) is 6.90. The van der Waals surface area contributed by atoms with Gasteiger partial charge in [0.05, 0.1) is 0 Å². The minimum atomic E-state index is 0. The van der Waals surface area contributed by atoms with Gasteiger partial charge in [-0.3, -0.25) is 9.69 Å². The first-order chi connectivity index (χ1) is 12.2. The van der Waals surface area contributed by atoms with Crippen LogP contribution in [0.4, 0.5) is 0 Å². The number of hydrogen-bond donors (Lipinski definition) is 2. The number of rotatable bonds is 4. The van der Waals surface area contributed by atoms with Crippen LogP contribution in [0.1, 0.15) is 41.6 Å². The first-order valence-corrected chi connectivity index (χ1v) is 9.72. The number of carbonyl (C=O) groups is 1. The van der Waals surface area contributed by atoms with Gasteiger partial charge in [0.15, 0.2) is 0 Å². The summed E-state index contributed by atoms with van der Waals surface area (Å²) in [5.41, 5.74) is 2.04. The van der Waals surface area contributed by atoms with Crippen LogP contribution in [0.3, 0.4) is 0 Å². The molecule has 7 heteroatoms. The normalized spacial score (nSPS) is 28.1. The zero-order chi connectivity index (χ0) is 17.2. The maximum absolute atomic E-state index is 12.7. The third-order valence-electron chi connectivity index (χ3n) is 6.00. The first kappa shape index (κ1) is 22.4. The molecular formula is C20H32Cl2N4O. The highest BCUT2D eigenvalue weighted by atomic mass is 35.5. The molecule has 3 fully saturated rings. The van der Waals surface area contributed by atoms with E-state index in [1.165, 1.54) is 18.4 Å². The van der Waals surface area contributed by atoms with Crippen molar-refractivity contribution in [3.05, 3.63) is 35.4 Å². The molecule has 27 heavy (non-hydrogen) atoms. The van der Waals surface area contributed by atoms with Crippen molar-refractivity contribution in [3.8, 4) is 0 Å². The highest BCUT2D eigenvalue weighted by Gasteiger charge is 2.34. The molecule has 3 saturated heterocycles. The van der Waals surface area contributed by atoms with Gasteiger partial charge in [-0.1, -0.05) is 12.1 Å². The molecule has 0 aromatic heterocycles. The van der Waals surface area contributed by atoms with Gasteiger partial charge in [-0.15, -0.1) is 24.8 Å². The van der Waals surface area contributed by atoms with Gasteiger partial charge in [0.25, 0.3) is 5.91 Å². The number of benzene rings is 1. The molecule has 2 unspecified atom stereocenters. The third-order valence-corrected chi connectivity index (χ3v) is 6.00. The van der Waals surface area contributed by atoms with E-state index in [1.807, 2.05) is 12.1 Å². The molecule has 5 nitrogen and oxygen atoms in total. The molecule has 1 aromatic rings. The molecular weight excluding hydrogens is 383 g/mol. The van der Waals surface area contributed by atoms with Crippen LogP contribution in [0.2, 0.25) is 0 Å². The Balaban J connectivity index is 0.00000131. The lowest BCUT2D eigenvalue weighted by atomic mass is 9.99. The number of likely N-dealkylation sites (N-methyl/N-ethyl adjacent to an activating group) is 1. The van der Waals surface area contributed by atoms with Crippen molar-refractivity contribution in [2.45, 2.75) is 50.4 Å². The molecule has 2 bridgehead atoms. The van der Waals surface area contributed by atoms with Crippen LogP contribution in [0.25, 0.3) is 0 Å². The molecule has 3 aliphatic rings. The number of halogens is 2. The molecule has 0 spiro atoms. The number of nitrogens with one attached hydrogen (secondary N) is 2. The minimum Gasteiger partial charge on any atom is -0.349 e. The van der Waals surface area contributed by atoms with Gasteiger partial charge in [0.2, 0.25) is 0 Å². The average Bonchev–Trinajstić information content (AvgIpc) is 2.96. The van der Waals surface area contributed by atoms with E-state index in [9.17, 15) is 4.79 Å². The number of fused-ring (bicyclic) bond motifs is 2. The lowest BCUT2D eigenvalue weighted by Crippen LogP contribution is -2.48. The smallest absolute Gasteiger partial charge is 0.251 e. The minimum absolute atomic E-state index is 0. The van der Waals surface area contributed by atoms with Crippen molar-refractivity contribution in [3.63, 3.8) is 0 Å². The Labute approximate surface area is 175 Å². The van der Waals surface area contributed by atoms with Gasteiger partial charge in [0.1, 0.15) is 0 Å². The largest absolute Gasteiger partial charge is 0.349 e. The summed E-state index contributed by atoms with van der Waals surface area (Å²) in [6.45, 7) is 5.39. The lowest BCUT2D eigenvalue weighted by molar-refractivity contribution is 0.0923. The number of carbonyl (C=O) groups excluding carboxylic acids is 1. The number of hydrogen-bond acceptors (Lipinski definition) is 4. The third kappa shape index (κ3) is 5.81. The van der Waals surface area contributed by atoms with E-state index >= 15 is 0 Å². The van der Waals surface area contributed by atoms with Gasteiger partial charge in [0, 0.05) is 56.4 Å². The topological polar surface area (TPSA) is 47.6 Å². The van der Waals surface area contributed by atoms with Gasteiger partial charge < -0.3 is 15.5 Å². The fourth-order valence-electron chi connectivity index (χ4n) is 4.52. The zero-order valence-electron chi connectivity index (χ0n) is 16.0. The van der Waals surface area contributed by atoms with Crippen LogP contribution in [-0.4, -0.2) is 67.1 Å². The second-order valence-electron chi connectivity index (χ2n) is 8.06. The van der Waals surface area contributed by atoms with Crippen LogP contribution < -0.4 is 10.6 Å². The second kappa shape index (κ2) is 10.1. The van der Waals surface area contributed by atoms with Crippen LogP contribution >= 0.6 is 24.8 Å². The van der Waals surface area contributed by atoms with Crippen LogP contribution in [0.5, 0.6) is 0 Å². The Hall–Kier alpha value is -0.850. The van der Waals surface area contributed by atoms with E-state index in [4.69, 9.17) is 0 Å². The van der Waals surface area contributed by atoms with Crippen molar-refractivity contribution in [2.75, 3.05) is 33.2 Å². The molecule has 2 N–H and O–H groups in total. The average molecular weight is 415 g/mol. The predicted octanol–water partition coefficient (Wildman–Crippen LogP) is 2.29. The van der Waals surface area contributed by atoms with Crippen molar-refractivity contribution < 1.29 is 4.79 Å².